The van der Waals surface area contributed by atoms with Crippen LogP contribution in [-0.4, -0.2) is 43.4 Å². The summed E-state index contributed by atoms with van der Waals surface area (Å²) < 4.78 is 26.5. The minimum atomic E-state index is -3.46. The molecule has 1 rings (SSSR count). The van der Waals surface area contributed by atoms with Crippen LogP contribution in [0.2, 0.25) is 0 Å². The van der Waals surface area contributed by atoms with Crippen molar-refractivity contribution in [2.24, 2.45) is 0 Å². The summed E-state index contributed by atoms with van der Waals surface area (Å²) in [5.74, 6) is 0.937. The highest BCUT2D eigenvalue weighted by Crippen LogP contribution is 2.33. The number of halogens is 1. The van der Waals surface area contributed by atoms with Gasteiger partial charge in [0.05, 0.1) is 10.4 Å². The molecule has 0 radical (unpaired) electrons. The molecule has 0 unspecified atom stereocenters. The van der Waals surface area contributed by atoms with Crippen molar-refractivity contribution in [1.29, 1.82) is 0 Å². The van der Waals surface area contributed by atoms with Crippen LogP contribution in [0.15, 0.2) is 14.7 Å². The summed E-state index contributed by atoms with van der Waals surface area (Å²) in [6, 6.07) is 1.52. The Kier molecular flexibility index (Phi) is 6.63. The van der Waals surface area contributed by atoms with E-state index >= 15 is 0 Å². The highest BCUT2D eigenvalue weighted by atomic mass is 79.9. The third kappa shape index (κ3) is 3.94. The van der Waals surface area contributed by atoms with Crippen molar-refractivity contribution in [3.63, 3.8) is 0 Å². The molecule has 1 N–H and O–H groups in total. The van der Waals surface area contributed by atoms with Crippen LogP contribution in [0.4, 0.5) is 0 Å². The molecular weight excluding hydrogens is 358 g/mol. The Hall–Kier alpha value is 0.400. The van der Waals surface area contributed by atoms with Crippen LogP contribution in [0, 0.1) is 0 Å². The molecule has 1 aromatic heterocycles. The molecule has 0 aliphatic rings. The molecule has 0 aromatic carbocycles. The summed E-state index contributed by atoms with van der Waals surface area (Å²) in [7, 11) is -1.88. The van der Waals surface area contributed by atoms with Gasteiger partial charge in [0.25, 0.3) is 0 Å². The van der Waals surface area contributed by atoms with E-state index in [-0.39, 0.29) is 11.5 Å². The summed E-state index contributed by atoms with van der Waals surface area (Å²) in [5, 5.41) is 9.03. The Labute approximate surface area is 125 Å². The average Bonchev–Trinajstić information content (AvgIpc) is 2.71. The molecule has 4 nitrogen and oxygen atoms in total. The number of aliphatic hydroxyl groups is 1. The van der Waals surface area contributed by atoms with Crippen LogP contribution < -0.4 is 0 Å². The molecule has 8 heteroatoms. The molecule has 0 fully saturated rings. The Morgan fingerprint density at radius 3 is 2.72 bits per heavy atom. The molecule has 0 amide bonds. The smallest absolute Gasteiger partial charge is 0.244 e. The summed E-state index contributed by atoms with van der Waals surface area (Å²) in [5.41, 5.74) is 0. The number of hydrogen-bond acceptors (Lipinski definition) is 5. The summed E-state index contributed by atoms with van der Waals surface area (Å²) in [4.78, 5) is 0.876. The summed E-state index contributed by atoms with van der Waals surface area (Å²) in [6.07, 6.45) is 2.82. The van der Waals surface area contributed by atoms with Crippen molar-refractivity contribution in [3.05, 3.63) is 14.7 Å². The number of thioether (sulfide) groups is 1. The van der Waals surface area contributed by atoms with Crippen LogP contribution in [0.1, 0.15) is 11.3 Å². The van der Waals surface area contributed by atoms with E-state index in [1.54, 1.807) is 18.8 Å². The Bertz CT molecular complexity index is 487. The van der Waals surface area contributed by atoms with E-state index in [4.69, 9.17) is 5.11 Å². The molecule has 0 saturated heterocycles. The molecule has 0 spiro atoms. The third-order valence-corrected chi connectivity index (χ3v) is 7.16. The number of thiophene rings is 1. The van der Waals surface area contributed by atoms with Gasteiger partial charge in [-0.3, -0.25) is 0 Å². The van der Waals surface area contributed by atoms with Gasteiger partial charge in [0.15, 0.2) is 0 Å². The molecule has 18 heavy (non-hydrogen) atoms. The molecule has 1 aromatic rings. The van der Waals surface area contributed by atoms with Gasteiger partial charge in [-0.1, -0.05) is 0 Å². The zero-order valence-electron chi connectivity index (χ0n) is 10.2. The van der Waals surface area contributed by atoms with E-state index < -0.39 is 10.0 Å². The van der Waals surface area contributed by atoms with Crippen molar-refractivity contribution in [1.82, 2.24) is 4.31 Å². The monoisotopic (exact) mass is 373 g/mol. The molecule has 1 heterocycles. The van der Waals surface area contributed by atoms with Crippen LogP contribution in [0.25, 0.3) is 0 Å². The second-order valence-electron chi connectivity index (χ2n) is 3.68. The van der Waals surface area contributed by atoms with Crippen molar-refractivity contribution in [2.45, 2.75) is 17.9 Å². The highest BCUT2D eigenvalue weighted by Gasteiger charge is 2.25. The molecule has 0 bridgehead atoms. The first-order chi connectivity index (χ1) is 8.43. The van der Waals surface area contributed by atoms with E-state index in [1.165, 1.54) is 21.7 Å². The van der Waals surface area contributed by atoms with Crippen LogP contribution in [-0.2, 0) is 16.6 Å². The lowest BCUT2D eigenvalue weighted by molar-refractivity contribution is 0.285. The van der Waals surface area contributed by atoms with E-state index in [0.717, 1.165) is 12.2 Å². The molecule has 0 aliphatic heterocycles. The van der Waals surface area contributed by atoms with E-state index in [0.29, 0.717) is 15.2 Å². The molecule has 0 aliphatic carbocycles. The maximum absolute atomic E-state index is 12.3. The van der Waals surface area contributed by atoms with Gasteiger partial charge in [-0.2, -0.15) is 11.8 Å². The van der Waals surface area contributed by atoms with Crippen molar-refractivity contribution in [3.8, 4) is 0 Å². The van der Waals surface area contributed by atoms with Crippen LogP contribution >= 0.6 is 39.0 Å². The van der Waals surface area contributed by atoms with Gasteiger partial charge in [0.1, 0.15) is 4.90 Å². The van der Waals surface area contributed by atoms with Gasteiger partial charge in [0.2, 0.25) is 10.0 Å². The lowest BCUT2D eigenvalue weighted by Gasteiger charge is -2.16. The van der Waals surface area contributed by atoms with Gasteiger partial charge in [0, 0.05) is 18.5 Å². The zero-order chi connectivity index (χ0) is 13.8. The Morgan fingerprint density at radius 1 is 1.56 bits per heavy atom. The third-order valence-electron chi connectivity index (χ3n) is 2.37. The summed E-state index contributed by atoms with van der Waals surface area (Å²) >= 11 is 6.18. The Balaban J connectivity index is 2.87. The fraction of sp³-hybridized carbons (Fsp3) is 0.600. The highest BCUT2D eigenvalue weighted by molar-refractivity contribution is 9.11. The quantitative estimate of drug-likeness (QED) is 0.745. The van der Waals surface area contributed by atoms with E-state index in [1.807, 2.05) is 6.26 Å². The number of sulfonamides is 1. The second kappa shape index (κ2) is 7.25. The number of rotatable bonds is 7. The molecule has 104 valence electrons. The fourth-order valence-electron chi connectivity index (χ4n) is 1.37. The lowest BCUT2D eigenvalue weighted by Crippen LogP contribution is -2.28. The normalized spacial score (nSPS) is 12.3. The topological polar surface area (TPSA) is 57.6 Å². The number of hydrogen-bond donors (Lipinski definition) is 1. The van der Waals surface area contributed by atoms with Gasteiger partial charge in [-0.25, -0.2) is 12.7 Å². The van der Waals surface area contributed by atoms with Gasteiger partial charge in [-0.15, -0.1) is 11.3 Å². The largest absolute Gasteiger partial charge is 0.391 e. The first kappa shape index (κ1) is 16.5. The van der Waals surface area contributed by atoms with Crippen LogP contribution in [0.5, 0.6) is 0 Å². The summed E-state index contributed by atoms with van der Waals surface area (Å²) in [6.45, 7) is 0.356. The molecule has 0 saturated carbocycles. The number of aliphatic hydroxyl groups excluding tert-OH is 1. The minimum absolute atomic E-state index is 0.144. The first-order valence-corrected chi connectivity index (χ1v) is 9.72. The average molecular weight is 374 g/mol. The predicted molar refractivity (Wildman–Crippen MR) is 80.8 cm³/mol. The van der Waals surface area contributed by atoms with E-state index in [2.05, 4.69) is 15.9 Å². The SMILES string of the molecule is CSCCCN(C)S(=O)(=O)c1cc(CO)sc1Br. The molecule has 0 atom stereocenters. The number of nitrogens with zero attached hydrogens (tertiary/aromatic N) is 1. The van der Waals surface area contributed by atoms with E-state index in [9.17, 15) is 8.42 Å². The predicted octanol–water partition coefficient (Wildman–Crippen LogP) is 2.38. The zero-order valence-corrected chi connectivity index (χ0v) is 14.3. The van der Waals surface area contributed by atoms with Crippen molar-refractivity contribution >= 4 is 49.1 Å². The second-order valence-corrected chi connectivity index (χ2v) is 9.14. The fourth-order valence-corrected chi connectivity index (χ4v) is 5.49. The minimum Gasteiger partial charge on any atom is -0.391 e. The first-order valence-electron chi connectivity index (χ1n) is 5.27. The standard InChI is InChI=1S/C10H16BrNO3S3/c1-12(4-3-5-16-2)18(14,15)9-6-8(7-13)17-10(9)11/h6,13H,3-5,7H2,1-2H3. The van der Waals surface area contributed by atoms with Gasteiger partial charge < -0.3 is 5.11 Å². The maximum Gasteiger partial charge on any atom is 0.244 e. The molecular formula is C10H16BrNO3S3. The van der Waals surface area contributed by atoms with Crippen molar-refractivity contribution in [2.75, 3.05) is 25.6 Å². The van der Waals surface area contributed by atoms with Gasteiger partial charge in [-0.05, 0) is 40.4 Å². The van der Waals surface area contributed by atoms with Crippen LogP contribution in [0.3, 0.4) is 0 Å². The maximum atomic E-state index is 12.3. The lowest BCUT2D eigenvalue weighted by atomic mass is 10.5. The van der Waals surface area contributed by atoms with Gasteiger partial charge >= 0.3 is 0 Å². The van der Waals surface area contributed by atoms with Crippen molar-refractivity contribution < 1.29 is 13.5 Å². The Morgan fingerprint density at radius 2 is 2.22 bits per heavy atom.